The Bertz CT molecular complexity index is 1070. The van der Waals surface area contributed by atoms with E-state index in [9.17, 15) is 4.79 Å². The van der Waals surface area contributed by atoms with Crippen molar-refractivity contribution in [2.24, 2.45) is 0 Å². The molecule has 0 spiro atoms. The molecule has 5 nitrogen and oxygen atoms in total. The molecule has 31 heavy (non-hydrogen) atoms. The SMILES string of the molecule is Cc1cc(OCCCC(=O)N2CCN(c3nc4ccc(Cl)cc4s3)CC2)cc(C)c1Cl. The van der Waals surface area contributed by atoms with Gasteiger partial charge in [0.25, 0.3) is 0 Å². The first kappa shape index (κ1) is 22.2. The van der Waals surface area contributed by atoms with Crippen molar-refractivity contribution in [1.29, 1.82) is 0 Å². The van der Waals surface area contributed by atoms with Crippen LogP contribution in [0.3, 0.4) is 0 Å². The van der Waals surface area contributed by atoms with Crippen LogP contribution in [0.5, 0.6) is 5.75 Å². The Hall–Kier alpha value is -2.02. The highest BCUT2D eigenvalue weighted by atomic mass is 35.5. The Morgan fingerprint density at radius 1 is 1.10 bits per heavy atom. The largest absolute Gasteiger partial charge is 0.494 e. The lowest BCUT2D eigenvalue weighted by atomic mass is 10.1. The van der Waals surface area contributed by atoms with Crippen molar-refractivity contribution in [2.75, 3.05) is 37.7 Å². The fourth-order valence-electron chi connectivity index (χ4n) is 3.73. The molecule has 1 fully saturated rings. The van der Waals surface area contributed by atoms with Gasteiger partial charge in [-0.1, -0.05) is 34.5 Å². The number of carbonyl (C=O) groups excluding carboxylic acids is 1. The van der Waals surface area contributed by atoms with Gasteiger partial charge in [-0.2, -0.15) is 0 Å². The Balaban J connectivity index is 1.23. The minimum Gasteiger partial charge on any atom is -0.494 e. The van der Waals surface area contributed by atoms with Gasteiger partial charge in [-0.15, -0.1) is 0 Å². The number of benzene rings is 2. The van der Waals surface area contributed by atoms with E-state index in [1.165, 1.54) is 0 Å². The van der Waals surface area contributed by atoms with Gasteiger partial charge in [-0.05, 0) is 61.7 Å². The van der Waals surface area contributed by atoms with Gasteiger partial charge in [-0.3, -0.25) is 4.79 Å². The predicted octanol–water partition coefficient (Wildman–Crippen LogP) is 5.73. The lowest BCUT2D eigenvalue weighted by Gasteiger charge is -2.34. The first-order valence-electron chi connectivity index (χ1n) is 10.4. The summed E-state index contributed by atoms with van der Waals surface area (Å²) in [4.78, 5) is 21.5. The van der Waals surface area contributed by atoms with Crippen LogP contribution in [0, 0.1) is 13.8 Å². The molecule has 164 valence electrons. The van der Waals surface area contributed by atoms with Crippen molar-refractivity contribution >= 4 is 55.8 Å². The molecule has 1 saturated heterocycles. The third-order valence-corrected chi connectivity index (χ3v) is 7.37. The van der Waals surface area contributed by atoms with Gasteiger partial charge in [0, 0.05) is 42.6 Å². The summed E-state index contributed by atoms with van der Waals surface area (Å²) in [5.41, 5.74) is 2.97. The monoisotopic (exact) mass is 477 g/mol. The fraction of sp³-hybridized carbons (Fsp3) is 0.391. The molecule has 0 aliphatic carbocycles. The molecular formula is C23H25Cl2N3O2S. The summed E-state index contributed by atoms with van der Waals surface area (Å²) in [5.74, 6) is 0.986. The van der Waals surface area contributed by atoms with E-state index in [2.05, 4.69) is 4.90 Å². The van der Waals surface area contributed by atoms with Crippen molar-refractivity contribution in [1.82, 2.24) is 9.88 Å². The van der Waals surface area contributed by atoms with Crippen LogP contribution < -0.4 is 9.64 Å². The third-order valence-electron chi connectivity index (χ3n) is 5.46. The number of piperazine rings is 1. The van der Waals surface area contributed by atoms with Gasteiger partial charge in [0.1, 0.15) is 5.75 Å². The molecule has 1 aliphatic heterocycles. The number of aryl methyl sites for hydroxylation is 2. The van der Waals surface area contributed by atoms with Crippen molar-refractivity contribution in [3.63, 3.8) is 0 Å². The summed E-state index contributed by atoms with van der Waals surface area (Å²) in [7, 11) is 0. The van der Waals surface area contributed by atoms with E-state index >= 15 is 0 Å². The summed E-state index contributed by atoms with van der Waals surface area (Å²) in [6.45, 7) is 7.46. The van der Waals surface area contributed by atoms with E-state index < -0.39 is 0 Å². The first-order valence-corrected chi connectivity index (χ1v) is 12.0. The van der Waals surface area contributed by atoms with Crippen molar-refractivity contribution < 1.29 is 9.53 Å². The lowest BCUT2D eigenvalue weighted by molar-refractivity contribution is -0.131. The van der Waals surface area contributed by atoms with Gasteiger partial charge in [0.15, 0.2) is 5.13 Å². The molecule has 2 aromatic carbocycles. The third kappa shape index (κ3) is 5.25. The molecule has 0 saturated carbocycles. The molecule has 0 N–H and O–H groups in total. The molecule has 1 amide bonds. The highest BCUT2D eigenvalue weighted by Gasteiger charge is 2.23. The van der Waals surface area contributed by atoms with Crippen LogP contribution in [0.4, 0.5) is 5.13 Å². The molecule has 2 heterocycles. The number of hydrogen-bond acceptors (Lipinski definition) is 5. The number of halogens is 2. The van der Waals surface area contributed by atoms with Gasteiger partial charge in [-0.25, -0.2) is 4.98 Å². The Labute approximate surface area is 196 Å². The minimum absolute atomic E-state index is 0.183. The second-order valence-electron chi connectivity index (χ2n) is 7.80. The maximum absolute atomic E-state index is 12.6. The number of rotatable bonds is 6. The molecule has 0 radical (unpaired) electrons. The number of nitrogens with zero attached hydrogens (tertiary/aromatic N) is 3. The van der Waals surface area contributed by atoms with E-state index in [4.69, 9.17) is 32.9 Å². The molecule has 1 aromatic heterocycles. The Morgan fingerprint density at radius 2 is 1.81 bits per heavy atom. The van der Waals surface area contributed by atoms with Crippen LogP contribution in [0.1, 0.15) is 24.0 Å². The molecule has 3 aromatic rings. The number of amides is 1. The van der Waals surface area contributed by atoms with Crippen molar-refractivity contribution in [2.45, 2.75) is 26.7 Å². The molecule has 4 rings (SSSR count). The summed E-state index contributed by atoms with van der Waals surface area (Å²) >= 11 is 13.9. The topological polar surface area (TPSA) is 45.7 Å². The molecule has 0 bridgehead atoms. The van der Waals surface area contributed by atoms with Gasteiger partial charge < -0.3 is 14.5 Å². The summed E-state index contributed by atoms with van der Waals surface area (Å²) in [5, 5.41) is 2.49. The smallest absolute Gasteiger partial charge is 0.222 e. The predicted molar refractivity (Wildman–Crippen MR) is 129 cm³/mol. The highest BCUT2D eigenvalue weighted by molar-refractivity contribution is 7.22. The molecule has 0 atom stereocenters. The average Bonchev–Trinajstić information content (AvgIpc) is 3.18. The average molecular weight is 478 g/mol. The number of anilines is 1. The number of thiazole rings is 1. The lowest BCUT2D eigenvalue weighted by Crippen LogP contribution is -2.48. The Morgan fingerprint density at radius 3 is 2.52 bits per heavy atom. The van der Waals surface area contributed by atoms with Crippen LogP contribution in [-0.2, 0) is 4.79 Å². The van der Waals surface area contributed by atoms with E-state index in [1.807, 2.05) is 49.1 Å². The van der Waals surface area contributed by atoms with Crippen LogP contribution >= 0.6 is 34.5 Å². The van der Waals surface area contributed by atoms with Crippen LogP contribution in [0.2, 0.25) is 10.0 Å². The van der Waals surface area contributed by atoms with Gasteiger partial charge in [0.2, 0.25) is 5.91 Å². The van der Waals surface area contributed by atoms with E-state index in [0.717, 1.165) is 55.4 Å². The van der Waals surface area contributed by atoms with Crippen molar-refractivity contribution in [3.8, 4) is 5.75 Å². The summed E-state index contributed by atoms with van der Waals surface area (Å²) in [6.07, 6.45) is 1.18. The molecule has 8 heteroatoms. The van der Waals surface area contributed by atoms with Crippen LogP contribution in [0.15, 0.2) is 30.3 Å². The van der Waals surface area contributed by atoms with E-state index in [1.54, 1.807) is 11.3 Å². The number of carbonyl (C=O) groups is 1. The minimum atomic E-state index is 0.183. The number of ether oxygens (including phenoxy) is 1. The van der Waals surface area contributed by atoms with Gasteiger partial charge in [0.05, 0.1) is 16.8 Å². The maximum Gasteiger partial charge on any atom is 0.222 e. The zero-order valence-electron chi connectivity index (χ0n) is 17.7. The second kappa shape index (κ2) is 9.63. The number of hydrogen-bond donors (Lipinski definition) is 0. The normalized spacial score (nSPS) is 14.3. The van der Waals surface area contributed by atoms with Crippen LogP contribution in [0.25, 0.3) is 10.2 Å². The van der Waals surface area contributed by atoms with Crippen LogP contribution in [-0.4, -0.2) is 48.6 Å². The highest BCUT2D eigenvalue weighted by Crippen LogP contribution is 2.31. The fourth-order valence-corrected chi connectivity index (χ4v) is 5.13. The Kier molecular flexibility index (Phi) is 6.89. The van der Waals surface area contributed by atoms with Gasteiger partial charge >= 0.3 is 0 Å². The summed E-state index contributed by atoms with van der Waals surface area (Å²) in [6, 6.07) is 9.64. The van der Waals surface area contributed by atoms with Crippen molar-refractivity contribution in [3.05, 3.63) is 51.5 Å². The second-order valence-corrected chi connectivity index (χ2v) is 9.62. The molecule has 0 unspecified atom stereocenters. The molecular weight excluding hydrogens is 453 g/mol. The quantitative estimate of drug-likeness (QED) is 0.425. The maximum atomic E-state index is 12.6. The first-order chi connectivity index (χ1) is 14.9. The summed E-state index contributed by atoms with van der Waals surface area (Å²) < 4.78 is 6.91. The number of fused-ring (bicyclic) bond motifs is 1. The molecule has 1 aliphatic rings. The number of aromatic nitrogens is 1. The van der Waals surface area contributed by atoms with E-state index in [0.29, 0.717) is 32.5 Å². The van der Waals surface area contributed by atoms with E-state index in [-0.39, 0.29) is 5.91 Å². The zero-order valence-corrected chi connectivity index (χ0v) is 20.0. The standard InChI is InChI=1S/C23H25Cl2N3O2S/c1-15-12-18(13-16(2)22(15)25)30-11-3-4-21(29)27-7-9-28(10-8-27)23-26-19-6-5-17(24)14-20(19)31-23/h5-6,12-14H,3-4,7-11H2,1-2H3. The zero-order chi connectivity index (χ0) is 22.0.